The third-order valence-corrected chi connectivity index (χ3v) is 3.06. The molecule has 2 rings (SSSR count). The number of anilines is 1. The van der Waals surface area contributed by atoms with E-state index in [1.165, 1.54) is 12.1 Å². The average molecular weight is 254 g/mol. The third-order valence-electron chi connectivity index (χ3n) is 3.06. The fourth-order valence-corrected chi connectivity index (χ4v) is 1.98. The van der Waals surface area contributed by atoms with Crippen molar-refractivity contribution in [3.05, 3.63) is 34.1 Å². The van der Waals surface area contributed by atoms with Crippen molar-refractivity contribution in [1.82, 2.24) is 0 Å². The second-order valence-electron chi connectivity index (χ2n) is 4.37. The molecule has 1 aliphatic heterocycles. The van der Waals surface area contributed by atoms with E-state index in [0.717, 1.165) is 32.1 Å². The summed E-state index contributed by atoms with van der Waals surface area (Å²) in [6, 6.07) is 3.63. The molecule has 18 heavy (non-hydrogen) atoms. The zero-order chi connectivity index (χ0) is 13.0. The van der Waals surface area contributed by atoms with Gasteiger partial charge in [-0.15, -0.1) is 0 Å². The molecule has 1 aromatic rings. The first kappa shape index (κ1) is 12.8. The number of nitrogens with zero attached hydrogens (tertiary/aromatic N) is 1. The fourth-order valence-electron chi connectivity index (χ4n) is 1.98. The second-order valence-corrected chi connectivity index (χ2v) is 4.37. The number of hydrogen-bond donors (Lipinski definition) is 1. The highest BCUT2D eigenvalue weighted by Crippen LogP contribution is 2.21. The van der Waals surface area contributed by atoms with Gasteiger partial charge in [0.05, 0.1) is 16.7 Å². The van der Waals surface area contributed by atoms with Crippen molar-refractivity contribution in [3.8, 4) is 0 Å². The van der Waals surface area contributed by atoms with Crippen LogP contribution in [0, 0.1) is 21.8 Å². The first-order chi connectivity index (χ1) is 8.66. The largest absolute Gasteiger partial charge is 0.383 e. The van der Waals surface area contributed by atoms with Gasteiger partial charge in [-0.3, -0.25) is 10.1 Å². The molecule has 1 aromatic carbocycles. The van der Waals surface area contributed by atoms with Gasteiger partial charge in [0.25, 0.3) is 5.69 Å². The van der Waals surface area contributed by atoms with Crippen LogP contribution >= 0.6 is 0 Å². The maximum atomic E-state index is 13.5. The minimum atomic E-state index is -0.608. The highest BCUT2D eigenvalue weighted by atomic mass is 19.1. The lowest BCUT2D eigenvalue weighted by Gasteiger charge is -2.10. The van der Waals surface area contributed by atoms with Gasteiger partial charge in [-0.1, -0.05) is 0 Å². The lowest BCUT2D eigenvalue weighted by molar-refractivity contribution is -0.385. The second kappa shape index (κ2) is 5.77. The van der Waals surface area contributed by atoms with Gasteiger partial charge < -0.3 is 10.1 Å². The minimum absolute atomic E-state index is 0.234. The van der Waals surface area contributed by atoms with Crippen molar-refractivity contribution >= 4 is 11.4 Å². The summed E-state index contributed by atoms with van der Waals surface area (Å²) >= 11 is 0. The number of nitro groups is 1. The molecule has 5 nitrogen and oxygen atoms in total. The maximum absolute atomic E-state index is 13.5. The van der Waals surface area contributed by atoms with Gasteiger partial charge in [0.1, 0.15) is 0 Å². The van der Waals surface area contributed by atoms with Gasteiger partial charge in [-0.25, -0.2) is 4.39 Å². The smallest absolute Gasteiger partial charge is 0.272 e. The number of nitro benzene ring substituents is 1. The molecule has 1 saturated heterocycles. The van der Waals surface area contributed by atoms with Crippen molar-refractivity contribution in [2.75, 3.05) is 25.1 Å². The van der Waals surface area contributed by atoms with Crippen LogP contribution in [-0.4, -0.2) is 24.7 Å². The molecule has 0 spiro atoms. The lowest BCUT2D eigenvalue weighted by atomic mass is 10.1. The monoisotopic (exact) mass is 254 g/mol. The molecule has 1 heterocycles. The van der Waals surface area contributed by atoms with Crippen LogP contribution in [0.2, 0.25) is 0 Å². The molecule has 1 atom stereocenters. The molecule has 1 aliphatic rings. The van der Waals surface area contributed by atoms with Crippen LogP contribution in [0.15, 0.2) is 18.2 Å². The Hall–Kier alpha value is -1.69. The average Bonchev–Trinajstić information content (AvgIpc) is 2.84. The van der Waals surface area contributed by atoms with Crippen molar-refractivity contribution in [3.63, 3.8) is 0 Å². The van der Waals surface area contributed by atoms with Gasteiger partial charge in [-0.05, 0) is 24.8 Å². The summed E-state index contributed by atoms with van der Waals surface area (Å²) in [6.07, 6.45) is 1.96. The summed E-state index contributed by atoms with van der Waals surface area (Å²) in [5.74, 6) is -0.0644. The van der Waals surface area contributed by atoms with Crippen molar-refractivity contribution in [2.45, 2.75) is 12.8 Å². The van der Waals surface area contributed by atoms with Crippen LogP contribution in [0.5, 0.6) is 0 Å². The summed E-state index contributed by atoms with van der Waals surface area (Å²) < 4.78 is 18.8. The Balaban J connectivity index is 1.87. The van der Waals surface area contributed by atoms with Crippen molar-refractivity contribution in [1.29, 1.82) is 0 Å². The molecule has 0 radical (unpaired) electrons. The number of non-ortho nitro benzene ring substituents is 1. The Bertz CT molecular complexity index is 433. The quantitative estimate of drug-likeness (QED) is 0.648. The van der Waals surface area contributed by atoms with E-state index in [-0.39, 0.29) is 5.69 Å². The van der Waals surface area contributed by atoms with Crippen LogP contribution in [0.3, 0.4) is 0 Å². The first-order valence-corrected chi connectivity index (χ1v) is 5.92. The highest BCUT2D eigenvalue weighted by molar-refractivity contribution is 5.50. The van der Waals surface area contributed by atoms with Gasteiger partial charge in [-0.2, -0.15) is 0 Å². The van der Waals surface area contributed by atoms with E-state index in [1.807, 2.05) is 0 Å². The number of halogens is 1. The molecule has 1 unspecified atom stereocenters. The number of rotatable bonds is 5. The van der Waals surface area contributed by atoms with Crippen LogP contribution in [0.1, 0.15) is 12.8 Å². The van der Waals surface area contributed by atoms with Crippen LogP contribution < -0.4 is 5.32 Å². The maximum Gasteiger partial charge on any atom is 0.272 e. The van der Waals surface area contributed by atoms with E-state index < -0.39 is 10.7 Å². The van der Waals surface area contributed by atoms with Gasteiger partial charge >= 0.3 is 0 Å². The van der Waals surface area contributed by atoms with Crippen LogP contribution in [0.25, 0.3) is 0 Å². The Morgan fingerprint density at radius 1 is 1.56 bits per heavy atom. The third kappa shape index (κ3) is 3.16. The molecule has 0 aliphatic carbocycles. The zero-order valence-corrected chi connectivity index (χ0v) is 9.89. The van der Waals surface area contributed by atoms with Crippen molar-refractivity contribution < 1.29 is 14.1 Å². The predicted molar refractivity (Wildman–Crippen MR) is 65.1 cm³/mol. The molecular formula is C12H15FN2O3. The molecule has 98 valence electrons. The predicted octanol–water partition coefficient (Wildman–Crippen LogP) is 2.57. The summed E-state index contributed by atoms with van der Waals surface area (Å²) in [4.78, 5) is 9.85. The Labute approximate surface area is 104 Å². The molecule has 6 heteroatoms. The molecule has 0 amide bonds. The fraction of sp³-hybridized carbons (Fsp3) is 0.500. The van der Waals surface area contributed by atoms with E-state index in [2.05, 4.69) is 5.32 Å². The summed E-state index contributed by atoms with van der Waals surface area (Å²) in [6.45, 7) is 2.21. The number of ether oxygens (including phenoxy) is 1. The Morgan fingerprint density at radius 3 is 3.00 bits per heavy atom. The summed E-state index contributed by atoms with van der Waals surface area (Å²) in [5.41, 5.74) is 0.0711. The van der Waals surface area contributed by atoms with E-state index in [9.17, 15) is 14.5 Å². The Kier molecular flexibility index (Phi) is 4.09. The van der Waals surface area contributed by atoms with Crippen LogP contribution in [-0.2, 0) is 4.74 Å². The normalized spacial score (nSPS) is 18.8. The van der Waals surface area contributed by atoms with E-state index in [4.69, 9.17) is 4.74 Å². The lowest BCUT2D eigenvalue weighted by Crippen LogP contribution is -2.10. The number of hydrogen-bond acceptors (Lipinski definition) is 4. The van der Waals surface area contributed by atoms with E-state index in [1.54, 1.807) is 0 Å². The first-order valence-electron chi connectivity index (χ1n) is 5.92. The summed E-state index contributed by atoms with van der Waals surface area (Å²) in [7, 11) is 0. The Morgan fingerprint density at radius 2 is 2.39 bits per heavy atom. The highest BCUT2D eigenvalue weighted by Gasteiger charge is 2.15. The van der Waals surface area contributed by atoms with Crippen molar-refractivity contribution in [2.24, 2.45) is 5.92 Å². The molecule has 0 saturated carbocycles. The molecule has 0 aromatic heterocycles. The van der Waals surface area contributed by atoms with E-state index >= 15 is 0 Å². The number of nitrogens with one attached hydrogen (secondary N) is 1. The zero-order valence-electron chi connectivity index (χ0n) is 9.89. The van der Waals surface area contributed by atoms with Gasteiger partial charge in [0.2, 0.25) is 0 Å². The van der Waals surface area contributed by atoms with Gasteiger partial charge in [0, 0.05) is 25.8 Å². The van der Waals surface area contributed by atoms with Crippen LogP contribution in [0.4, 0.5) is 15.8 Å². The SMILES string of the molecule is O=[N+]([O-])c1ccc(NCCC2CCOC2)c(F)c1. The molecular weight excluding hydrogens is 239 g/mol. The topological polar surface area (TPSA) is 64.4 Å². The minimum Gasteiger partial charge on any atom is -0.383 e. The molecule has 1 fully saturated rings. The molecule has 1 N–H and O–H groups in total. The number of benzene rings is 1. The van der Waals surface area contributed by atoms with E-state index in [0.29, 0.717) is 18.2 Å². The standard InChI is InChI=1S/C12H15FN2O3/c13-11-7-10(15(16)17)1-2-12(11)14-5-3-9-4-6-18-8-9/h1-2,7,9,14H,3-6,8H2. The van der Waals surface area contributed by atoms with Gasteiger partial charge in [0.15, 0.2) is 5.82 Å². The molecule has 0 bridgehead atoms. The summed E-state index contributed by atoms with van der Waals surface area (Å²) in [5, 5.41) is 13.4.